The van der Waals surface area contributed by atoms with Crippen LogP contribution in [0.25, 0.3) is 0 Å². The van der Waals surface area contributed by atoms with Gasteiger partial charge in [0.05, 0.1) is 5.69 Å². The monoisotopic (exact) mass is 331 g/mol. The lowest BCUT2D eigenvalue weighted by Gasteiger charge is -2.21. The van der Waals surface area contributed by atoms with Gasteiger partial charge in [0.15, 0.2) is 0 Å². The van der Waals surface area contributed by atoms with E-state index < -0.39 is 11.7 Å². The van der Waals surface area contributed by atoms with Crippen LogP contribution in [0, 0.1) is 5.92 Å². The lowest BCUT2D eigenvalue weighted by atomic mass is 9.88. The van der Waals surface area contributed by atoms with Crippen LogP contribution in [0.5, 0.6) is 0 Å². The molecular weight excluding hydrogens is 306 g/mol. The number of hydrogen-bond acceptors (Lipinski definition) is 4. The normalized spacial score (nSPS) is 16.1. The van der Waals surface area contributed by atoms with E-state index in [1.807, 2.05) is 6.07 Å². The Hall–Kier alpha value is -2.24. The number of benzene rings is 1. The highest BCUT2D eigenvalue weighted by molar-refractivity contribution is 5.95. The molecule has 0 heterocycles. The summed E-state index contributed by atoms with van der Waals surface area (Å²) >= 11 is 0. The molecular formula is C18H25N3O3. The third-order valence-corrected chi connectivity index (χ3v) is 3.77. The van der Waals surface area contributed by atoms with Gasteiger partial charge in [0.25, 0.3) is 0 Å². The Balaban J connectivity index is 2.04. The van der Waals surface area contributed by atoms with Crippen LogP contribution in [0.1, 0.15) is 52.9 Å². The van der Waals surface area contributed by atoms with Crippen molar-refractivity contribution in [2.45, 2.75) is 58.5 Å². The van der Waals surface area contributed by atoms with Crippen molar-refractivity contribution in [1.29, 1.82) is 0 Å². The van der Waals surface area contributed by atoms with Gasteiger partial charge in [-0.25, -0.2) is 4.79 Å². The van der Waals surface area contributed by atoms with Crippen LogP contribution in [-0.4, -0.2) is 17.6 Å². The fraction of sp³-hybridized carbons (Fsp3) is 0.556. The lowest BCUT2D eigenvalue weighted by Crippen LogP contribution is -2.24. The zero-order valence-electron chi connectivity index (χ0n) is 14.5. The summed E-state index contributed by atoms with van der Waals surface area (Å²) < 4.78 is 5.09. The first kappa shape index (κ1) is 18.1. The van der Waals surface area contributed by atoms with Gasteiger partial charge in [-0.2, -0.15) is 0 Å². The SMILES string of the molecule is CC(C)(C)OC(=O)N=Nc1ccccc1NC(=O)C1CCCCC1. The van der Waals surface area contributed by atoms with Crippen LogP contribution in [0.2, 0.25) is 0 Å². The van der Waals surface area contributed by atoms with Gasteiger partial charge < -0.3 is 10.1 Å². The molecule has 6 heteroatoms. The summed E-state index contributed by atoms with van der Waals surface area (Å²) in [6, 6.07) is 7.04. The van der Waals surface area contributed by atoms with E-state index in [9.17, 15) is 9.59 Å². The summed E-state index contributed by atoms with van der Waals surface area (Å²) in [5.41, 5.74) is 0.373. The number of nitrogens with one attached hydrogen (secondary N) is 1. The Labute approximate surface area is 142 Å². The summed E-state index contributed by atoms with van der Waals surface area (Å²) in [5, 5.41) is 10.4. The Kier molecular flexibility index (Phi) is 6.06. The maximum absolute atomic E-state index is 12.4. The van der Waals surface area contributed by atoms with E-state index in [4.69, 9.17) is 4.74 Å². The van der Waals surface area contributed by atoms with E-state index in [0.717, 1.165) is 25.7 Å². The minimum absolute atomic E-state index is 0.00891. The van der Waals surface area contributed by atoms with Crippen LogP contribution in [0.15, 0.2) is 34.5 Å². The predicted molar refractivity (Wildman–Crippen MR) is 92.4 cm³/mol. The van der Waals surface area contributed by atoms with Crippen molar-refractivity contribution in [2.24, 2.45) is 16.1 Å². The second-order valence-corrected chi connectivity index (χ2v) is 7.02. The van der Waals surface area contributed by atoms with Crippen LogP contribution in [0.3, 0.4) is 0 Å². The number of nitrogens with zero attached hydrogens (tertiary/aromatic N) is 2. The summed E-state index contributed by atoms with van der Waals surface area (Å²) in [4.78, 5) is 24.0. The molecule has 0 spiro atoms. The highest BCUT2D eigenvalue weighted by atomic mass is 16.6. The molecule has 1 N–H and O–H groups in total. The van der Waals surface area contributed by atoms with Crippen LogP contribution in [-0.2, 0) is 9.53 Å². The van der Waals surface area contributed by atoms with Gasteiger partial charge in [-0.05, 0) is 45.7 Å². The van der Waals surface area contributed by atoms with Crippen LogP contribution >= 0.6 is 0 Å². The van der Waals surface area contributed by atoms with E-state index in [2.05, 4.69) is 15.5 Å². The molecule has 0 atom stereocenters. The number of hydrogen-bond donors (Lipinski definition) is 1. The molecule has 0 aromatic heterocycles. The van der Waals surface area contributed by atoms with E-state index in [1.54, 1.807) is 39.0 Å². The first-order valence-electron chi connectivity index (χ1n) is 8.40. The number of rotatable bonds is 3. The van der Waals surface area contributed by atoms with E-state index in [-0.39, 0.29) is 11.8 Å². The van der Waals surface area contributed by atoms with Gasteiger partial charge in [0.2, 0.25) is 5.91 Å². The molecule has 2 amide bonds. The summed E-state index contributed by atoms with van der Waals surface area (Å²) in [6.07, 6.45) is 4.48. The van der Waals surface area contributed by atoms with E-state index >= 15 is 0 Å². The van der Waals surface area contributed by atoms with Gasteiger partial charge in [-0.3, -0.25) is 4.79 Å². The van der Waals surface area contributed by atoms with Crippen molar-refractivity contribution in [3.63, 3.8) is 0 Å². The third-order valence-electron chi connectivity index (χ3n) is 3.77. The van der Waals surface area contributed by atoms with Crippen molar-refractivity contribution in [3.8, 4) is 0 Å². The Morgan fingerprint density at radius 2 is 1.79 bits per heavy atom. The lowest BCUT2D eigenvalue weighted by molar-refractivity contribution is -0.120. The number of carbonyl (C=O) groups is 2. The molecule has 0 aliphatic heterocycles. The van der Waals surface area contributed by atoms with Crippen molar-refractivity contribution < 1.29 is 14.3 Å². The summed E-state index contributed by atoms with van der Waals surface area (Å²) in [7, 11) is 0. The zero-order chi connectivity index (χ0) is 17.6. The topological polar surface area (TPSA) is 80.1 Å². The smallest absolute Gasteiger partial charge is 0.441 e. The molecule has 1 fully saturated rings. The minimum Gasteiger partial charge on any atom is -0.441 e. The summed E-state index contributed by atoms with van der Waals surface area (Å²) in [6.45, 7) is 5.29. The van der Waals surface area contributed by atoms with Gasteiger partial charge in [-0.1, -0.05) is 36.5 Å². The fourth-order valence-electron chi connectivity index (χ4n) is 2.64. The molecule has 1 aliphatic rings. The van der Waals surface area contributed by atoms with Gasteiger partial charge in [-0.15, -0.1) is 5.11 Å². The molecule has 0 radical (unpaired) electrons. The van der Waals surface area contributed by atoms with Crippen molar-refractivity contribution in [3.05, 3.63) is 24.3 Å². The average molecular weight is 331 g/mol. The predicted octanol–water partition coefficient (Wildman–Crippen LogP) is 5.22. The second kappa shape index (κ2) is 8.04. The number of carbonyl (C=O) groups excluding carboxylic acids is 2. The highest BCUT2D eigenvalue weighted by Crippen LogP contribution is 2.29. The van der Waals surface area contributed by atoms with Crippen molar-refractivity contribution in [1.82, 2.24) is 0 Å². The molecule has 0 unspecified atom stereocenters. The quantitative estimate of drug-likeness (QED) is 0.771. The molecule has 1 aromatic rings. The molecule has 0 saturated heterocycles. The summed E-state index contributed by atoms with van der Waals surface area (Å²) in [5.74, 6) is 0.0595. The van der Waals surface area contributed by atoms with E-state index in [1.165, 1.54) is 6.42 Å². The van der Waals surface area contributed by atoms with Gasteiger partial charge in [0.1, 0.15) is 11.3 Å². The Morgan fingerprint density at radius 3 is 2.46 bits per heavy atom. The zero-order valence-corrected chi connectivity index (χ0v) is 14.5. The van der Waals surface area contributed by atoms with Gasteiger partial charge in [0, 0.05) is 5.92 Å². The number of azo groups is 1. The molecule has 6 nitrogen and oxygen atoms in total. The average Bonchev–Trinajstić information content (AvgIpc) is 2.53. The highest BCUT2D eigenvalue weighted by Gasteiger charge is 2.22. The van der Waals surface area contributed by atoms with Crippen molar-refractivity contribution in [2.75, 3.05) is 5.32 Å². The maximum atomic E-state index is 12.4. The molecule has 0 bridgehead atoms. The first-order chi connectivity index (χ1) is 11.3. The van der Waals surface area contributed by atoms with Crippen molar-refractivity contribution >= 4 is 23.4 Å². The van der Waals surface area contributed by atoms with E-state index in [0.29, 0.717) is 11.4 Å². The third kappa shape index (κ3) is 5.76. The molecule has 1 aliphatic carbocycles. The second-order valence-electron chi connectivity index (χ2n) is 7.02. The number of para-hydroxylation sites is 1. The largest absolute Gasteiger partial charge is 0.452 e. The number of amides is 2. The number of anilines is 1. The Morgan fingerprint density at radius 1 is 1.12 bits per heavy atom. The standard InChI is InChI=1S/C18H25N3O3/c1-18(2,3)24-17(23)21-20-15-12-8-7-11-14(15)19-16(22)13-9-5-4-6-10-13/h7-8,11-13H,4-6,9-10H2,1-3H3,(H,19,22). The van der Waals surface area contributed by atoms with Gasteiger partial charge >= 0.3 is 6.09 Å². The first-order valence-corrected chi connectivity index (χ1v) is 8.40. The van der Waals surface area contributed by atoms with Crippen LogP contribution in [0.4, 0.5) is 16.2 Å². The maximum Gasteiger partial charge on any atom is 0.452 e. The Bertz CT molecular complexity index is 614. The molecule has 2 rings (SSSR count). The molecule has 130 valence electrons. The van der Waals surface area contributed by atoms with Crippen LogP contribution < -0.4 is 5.32 Å². The molecule has 1 saturated carbocycles. The fourth-order valence-corrected chi connectivity index (χ4v) is 2.64. The molecule has 1 aromatic carbocycles. The minimum atomic E-state index is -0.754. The number of ether oxygens (including phenoxy) is 1. The molecule has 24 heavy (non-hydrogen) atoms.